The summed E-state index contributed by atoms with van der Waals surface area (Å²) >= 11 is 0. The lowest BCUT2D eigenvalue weighted by Gasteiger charge is -2.32. The smallest absolute Gasteiger partial charge is 0.321 e. The Bertz CT molecular complexity index is 1260. The van der Waals surface area contributed by atoms with E-state index in [9.17, 15) is 9.59 Å². The lowest BCUT2D eigenvalue weighted by Crippen LogP contribution is -2.40. The maximum absolute atomic E-state index is 13.0. The molecule has 0 bridgehead atoms. The Hall–Kier alpha value is -3.79. The molecular formula is C25H27N5O5. The number of piperidine rings is 1. The number of hydrogen-bond donors (Lipinski definition) is 1. The average Bonchev–Trinajstić information content (AvgIpc) is 3.55. The number of carbonyl (C=O) groups excluding carboxylic acids is 2. The first-order valence-electron chi connectivity index (χ1n) is 12.0. The normalized spacial score (nSPS) is 18.2. The number of ether oxygens (including phenoxy) is 3. The van der Waals surface area contributed by atoms with Crippen molar-refractivity contribution in [3.8, 4) is 11.5 Å². The van der Waals surface area contributed by atoms with Gasteiger partial charge < -0.3 is 29.3 Å². The van der Waals surface area contributed by atoms with Crippen molar-refractivity contribution >= 4 is 23.1 Å². The van der Waals surface area contributed by atoms with Crippen LogP contribution in [-0.2, 0) is 4.74 Å². The van der Waals surface area contributed by atoms with Crippen LogP contribution in [0.2, 0.25) is 0 Å². The summed E-state index contributed by atoms with van der Waals surface area (Å²) in [7, 11) is 0. The van der Waals surface area contributed by atoms with Gasteiger partial charge in [-0.05, 0) is 48.6 Å². The van der Waals surface area contributed by atoms with Crippen LogP contribution in [0, 0.1) is 0 Å². The summed E-state index contributed by atoms with van der Waals surface area (Å²) in [6, 6.07) is 9.42. The Morgan fingerprint density at radius 3 is 2.57 bits per heavy atom. The second kappa shape index (κ2) is 9.10. The molecule has 2 aromatic heterocycles. The van der Waals surface area contributed by atoms with Gasteiger partial charge in [0.1, 0.15) is 0 Å². The van der Waals surface area contributed by atoms with Crippen LogP contribution in [0.4, 0.5) is 10.5 Å². The number of hydrogen-bond acceptors (Lipinski definition) is 6. The highest BCUT2D eigenvalue weighted by atomic mass is 16.7. The maximum atomic E-state index is 13.0. The van der Waals surface area contributed by atoms with E-state index in [0.717, 1.165) is 18.4 Å². The Morgan fingerprint density at radius 1 is 0.943 bits per heavy atom. The predicted octanol–water partition coefficient (Wildman–Crippen LogP) is 2.95. The molecule has 3 aliphatic rings. The number of morpholine rings is 1. The van der Waals surface area contributed by atoms with Gasteiger partial charge in [0.2, 0.25) is 6.79 Å². The van der Waals surface area contributed by atoms with E-state index >= 15 is 0 Å². The summed E-state index contributed by atoms with van der Waals surface area (Å²) in [6.45, 7) is 3.85. The first-order valence-corrected chi connectivity index (χ1v) is 12.0. The fraction of sp³-hybridized carbons (Fsp3) is 0.400. The van der Waals surface area contributed by atoms with Crippen LogP contribution in [0.1, 0.15) is 34.7 Å². The largest absolute Gasteiger partial charge is 0.454 e. The Labute approximate surface area is 202 Å². The van der Waals surface area contributed by atoms with Gasteiger partial charge in [-0.2, -0.15) is 5.10 Å². The minimum atomic E-state index is -0.119. The van der Waals surface area contributed by atoms with E-state index in [1.807, 2.05) is 22.1 Å². The van der Waals surface area contributed by atoms with E-state index in [4.69, 9.17) is 14.2 Å². The molecule has 1 aromatic carbocycles. The van der Waals surface area contributed by atoms with Gasteiger partial charge in [0.05, 0.1) is 30.5 Å². The van der Waals surface area contributed by atoms with Gasteiger partial charge in [-0.1, -0.05) is 0 Å². The second-order valence-corrected chi connectivity index (χ2v) is 9.01. The van der Waals surface area contributed by atoms with Crippen molar-refractivity contribution in [3.63, 3.8) is 0 Å². The van der Waals surface area contributed by atoms with E-state index in [1.165, 1.54) is 5.56 Å². The van der Waals surface area contributed by atoms with Gasteiger partial charge in [-0.3, -0.25) is 4.79 Å². The van der Waals surface area contributed by atoms with Crippen LogP contribution in [0.25, 0.3) is 5.52 Å². The Balaban J connectivity index is 1.11. The van der Waals surface area contributed by atoms with Crippen molar-refractivity contribution in [2.75, 3.05) is 51.5 Å². The summed E-state index contributed by atoms with van der Waals surface area (Å²) < 4.78 is 17.8. The number of benzene rings is 1. The van der Waals surface area contributed by atoms with Gasteiger partial charge in [-0.15, -0.1) is 0 Å². The van der Waals surface area contributed by atoms with E-state index in [2.05, 4.69) is 22.5 Å². The minimum Gasteiger partial charge on any atom is -0.454 e. The lowest BCUT2D eigenvalue weighted by molar-refractivity contribution is 0.0304. The Morgan fingerprint density at radius 2 is 1.74 bits per heavy atom. The highest BCUT2D eigenvalue weighted by Crippen LogP contribution is 2.35. The third-order valence-corrected chi connectivity index (χ3v) is 6.95. The molecule has 3 aliphatic heterocycles. The summed E-state index contributed by atoms with van der Waals surface area (Å²) in [5, 5.41) is 7.33. The molecule has 35 heavy (non-hydrogen) atoms. The van der Waals surface area contributed by atoms with Gasteiger partial charge >= 0.3 is 6.03 Å². The van der Waals surface area contributed by atoms with E-state index in [-0.39, 0.29) is 18.7 Å². The van der Waals surface area contributed by atoms with Crippen LogP contribution in [-0.4, -0.2) is 77.5 Å². The number of amides is 3. The van der Waals surface area contributed by atoms with Crippen molar-refractivity contribution in [1.82, 2.24) is 19.4 Å². The summed E-state index contributed by atoms with van der Waals surface area (Å²) in [6.07, 6.45) is 5.27. The van der Waals surface area contributed by atoms with E-state index in [0.29, 0.717) is 68.1 Å². The summed E-state index contributed by atoms with van der Waals surface area (Å²) in [5.41, 5.74) is 3.30. The molecule has 2 saturated heterocycles. The molecule has 0 atom stereocenters. The zero-order valence-electron chi connectivity index (χ0n) is 19.3. The third kappa shape index (κ3) is 4.25. The number of nitrogens with one attached hydrogen (secondary N) is 1. The SMILES string of the molecule is O=C(Nc1ccc2c(c1)OCO2)N1CCC(c2ccn3ncc(C(=O)N4CCOCC4)c3c2)CC1. The van der Waals surface area contributed by atoms with Crippen molar-refractivity contribution < 1.29 is 23.8 Å². The van der Waals surface area contributed by atoms with Crippen LogP contribution < -0.4 is 14.8 Å². The molecule has 10 nitrogen and oxygen atoms in total. The average molecular weight is 478 g/mol. The predicted molar refractivity (Wildman–Crippen MR) is 127 cm³/mol. The van der Waals surface area contributed by atoms with E-state index in [1.54, 1.807) is 22.8 Å². The first-order chi connectivity index (χ1) is 17.2. The number of carbonyl (C=O) groups is 2. The zero-order chi connectivity index (χ0) is 23.8. The van der Waals surface area contributed by atoms with Crippen LogP contribution >= 0.6 is 0 Å². The molecule has 0 radical (unpaired) electrons. The second-order valence-electron chi connectivity index (χ2n) is 9.01. The monoisotopic (exact) mass is 477 g/mol. The topological polar surface area (TPSA) is 97.6 Å². The van der Waals surface area contributed by atoms with E-state index < -0.39 is 0 Å². The molecule has 10 heteroatoms. The molecule has 2 fully saturated rings. The molecule has 0 unspecified atom stereocenters. The Kier molecular flexibility index (Phi) is 5.65. The van der Waals surface area contributed by atoms with Crippen molar-refractivity contribution in [1.29, 1.82) is 0 Å². The molecule has 5 heterocycles. The highest BCUT2D eigenvalue weighted by molar-refractivity contribution is 6.00. The number of anilines is 1. The standard InChI is InChI=1S/C25H27N5O5/c31-24(28-9-11-33-12-10-28)20-15-26-30-8-5-18(13-21(20)30)17-3-6-29(7-4-17)25(32)27-19-1-2-22-23(14-19)35-16-34-22/h1-2,5,8,13-15,17H,3-4,6-7,9-12,16H2,(H,27,32). The number of nitrogens with zero attached hydrogens (tertiary/aromatic N) is 4. The summed E-state index contributed by atoms with van der Waals surface area (Å²) in [4.78, 5) is 29.5. The number of urea groups is 1. The highest BCUT2D eigenvalue weighted by Gasteiger charge is 2.26. The van der Waals surface area contributed by atoms with Crippen molar-refractivity contribution in [2.24, 2.45) is 0 Å². The lowest BCUT2D eigenvalue weighted by atomic mass is 9.89. The number of likely N-dealkylation sites (tertiary alicyclic amines) is 1. The number of fused-ring (bicyclic) bond motifs is 2. The molecule has 0 saturated carbocycles. The fourth-order valence-corrected chi connectivity index (χ4v) is 4.95. The number of rotatable bonds is 3. The summed E-state index contributed by atoms with van der Waals surface area (Å²) in [5.74, 6) is 1.64. The quantitative estimate of drug-likeness (QED) is 0.623. The third-order valence-electron chi connectivity index (χ3n) is 6.95. The van der Waals surface area contributed by atoms with Gasteiger partial charge in [0, 0.05) is 44.1 Å². The number of aromatic nitrogens is 2. The fourth-order valence-electron chi connectivity index (χ4n) is 4.95. The van der Waals surface area contributed by atoms with Gasteiger partial charge in [0.15, 0.2) is 11.5 Å². The van der Waals surface area contributed by atoms with Crippen molar-refractivity contribution in [2.45, 2.75) is 18.8 Å². The minimum absolute atomic E-state index is 0.00421. The maximum Gasteiger partial charge on any atom is 0.321 e. The first kappa shape index (κ1) is 21.7. The molecule has 6 rings (SSSR count). The molecule has 0 spiro atoms. The number of pyridine rings is 1. The van der Waals surface area contributed by atoms with Crippen LogP contribution in [0.3, 0.4) is 0 Å². The van der Waals surface area contributed by atoms with Gasteiger partial charge in [-0.25, -0.2) is 9.31 Å². The molecule has 0 aliphatic carbocycles. The van der Waals surface area contributed by atoms with Crippen LogP contribution in [0.5, 0.6) is 11.5 Å². The van der Waals surface area contributed by atoms with Crippen molar-refractivity contribution in [3.05, 3.63) is 53.9 Å². The zero-order valence-corrected chi connectivity index (χ0v) is 19.3. The van der Waals surface area contributed by atoms with Gasteiger partial charge in [0.25, 0.3) is 5.91 Å². The molecule has 3 aromatic rings. The molecule has 1 N–H and O–H groups in total. The van der Waals surface area contributed by atoms with Crippen LogP contribution in [0.15, 0.2) is 42.7 Å². The molecule has 3 amide bonds. The molecule has 182 valence electrons. The molecular weight excluding hydrogens is 450 g/mol.